The summed E-state index contributed by atoms with van der Waals surface area (Å²) >= 11 is 0. The maximum atomic E-state index is 10.3. The Kier molecular flexibility index (Phi) is 9.89. The minimum absolute atomic E-state index is 0.289. The van der Waals surface area contributed by atoms with Gasteiger partial charge in [0.1, 0.15) is 0 Å². The molecule has 3 heteroatoms. The molecule has 1 fully saturated rings. The molecule has 2 aliphatic rings. The predicted molar refractivity (Wildman–Crippen MR) is 99.4 cm³/mol. The van der Waals surface area contributed by atoms with E-state index in [4.69, 9.17) is 0 Å². The molecule has 0 aromatic heterocycles. The van der Waals surface area contributed by atoms with E-state index < -0.39 is 0 Å². The number of aliphatic imine (C=N–C) groups is 1. The zero-order valence-corrected chi connectivity index (χ0v) is 15.1. The van der Waals surface area contributed by atoms with Crippen molar-refractivity contribution in [2.45, 2.75) is 102 Å². The molecule has 3 nitrogen and oxygen atoms in total. The van der Waals surface area contributed by atoms with Crippen LogP contribution in [0, 0.1) is 0 Å². The predicted octanol–water partition coefficient (Wildman–Crippen LogP) is 4.58. The average Bonchev–Trinajstić information content (AvgIpc) is 2.64. The first-order valence-corrected chi connectivity index (χ1v) is 10.3. The summed E-state index contributed by atoms with van der Waals surface area (Å²) in [4.78, 5) is 7.02. The van der Waals surface area contributed by atoms with Crippen LogP contribution in [0.4, 0.5) is 0 Å². The van der Waals surface area contributed by atoms with Crippen LogP contribution in [-0.4, -0.2) is 48.0 Å². The highest BCUT2D eigenvalue weighted by atomic mass is 16.3. The summed E-state index contributed by atoms with van der Waals surface area (Å²) in [5.74, 6) is 0. The van der Waals surface area contributed by atoms with Crippen LogP contribution in [0.15, 0.2) is 4.99 Å². The highest BCUT2D eigenvalue weighted by Gasteiger charge is 2.21. The van der Waals surface area contributed by atoms with Gasteiger partial charge in [-0.15, -0.1) is 0 Å². The third-order valence-electron chi connectivity index (χ3n) is 5.51. The van der Waals surface area contributed by atoms with E-state index in [1.54, 1.807) is 0 Å². The van der Waals surface area contributed by atoms with Crippen LogP contribution in [0.5, 0.6) is 0 Å². The van der Waals surface area contributed by atoms with Crippen molar-refractivity contribution in [1.82, 2.24) is 4.90 Å². The fourth-order valence-corrected chi connectivity index (χ4v) is 4.10. The molecule has 1 aliphatic heterocycles. The van der Waals surface area contributed by atoms with Crippen LogP contribution in [0.3, 0.4) is 0 Å². The molecule has 1 heterocycles. The molecule has 0 spiro atoms. The molecule has 23 heavy (non-hydrogen) atoms. The summed E-state index contributed by atoms with van der Waals surface area (Å²) in [6, 6.07) is 0.687. The fraction of sp³-hybridized carbons (Fsp3) is 0.950. The van der Waals surface area contributed by atoms with Gasteiger partial charge in [-0.3, -0.25) is 9.89 Å². The molecular weight excluding hydrogens is 284 g/mol. The van der Waals surface area contributed by atoms with Crippen molar-refractivity contribution in [3.63, 3.8) is 0 Å². The molecule has 0 aromatic carbocycles. The molecule has 1 unspecified atom stereocenters. The van der Waals surface area contributed by atoms with E-state index in [1.165, 1.54) is 90.0 Å². The number of nitrogens with zero attached hydrogens (tertiary/aromatic N) is 2. The highest BCUT2D eigenvalue weighted by molar-refractivity contribution is 5.56. The van der Waals surface area contributed by atoms with Crippen molar-refractivity contribution >= 4 is 6.21 Å². The molecule has 1 atom stereocenters. The lowest BCUT2D eigenvalue weighted by Crippen LogP contribution is -2.42. The first-order chi connectivity index (χ1) is 11.4. The lowest BCUT2D eigenvalue weighted by atomic mass is 10.00. The fourth-order valence-electron chi connectivity index (χ4n) is 4.10. The number of hydrogen-bond acceptors (Lipinski definition) is 3. The highest BCUT2D eigenvalue weighted by Crippen LogP contribution is 2.21. The topological polar surface area (TPSA) is 35.8 Å². The summed E-state index contributed by atoms with van der Waals surface area (Å²) in [5.41, 5.74) is 0. The Morgan fingerprint density at radius 1 is 0.783 bits per heavy atom. The zero-order valence-electron chi connectivity index (χ0n) is 15.1. The van der Waals surface area contributed by atoms with E-state index in [0.717, 1.165) is 13.0 Å². The molecule has 1 saturated carbocycles. The Hall–Kier alpha value is -0.410. The maximum Gasteiger partial charge on any atom is 0.0861 e. The molecule has 0 radical (unpaired) electrons. The molecule has 0 saturated heterocycles. The molecule has 2 rings (SSSR count). The van der Waals surface area contributed by atoms with Crippen LogP contribution < -0.4 is 0 Å². The van der Waals surface area contributed by atoms with Gasteiger partial charge in [-0.1, -0.05) is 57.8 Å². The quantitative estimate of drug-likeness (QED) is 0.767. The van der Waals surface area contributed by atoms with E-state index in [1.807, 2.05) is 6.21 Å². The van der Waals surface area contributed by atoms with Gasteiger partial charge in [0.25, 0.3) is 0 Å². The molecular formula is C20H38N2O. The van der Waals surface area contributed by atoms with E-state index in [2.05, 4.69) is 9.89 Å². The Bertz CT molecular complexity index is 307. The van der Waals surface area contributed by atoms with Gasteiger partial charge in [-0.2, -0.15) is 0 Å². The van der Waals surface area contributed by atoms with Crippen molar-refractivity contribution in [1.29, 1.82) is 0 Å². The summed E-state index contributed by atoms with van der Waals surface area (Å²) in [7, 11) is 0. The number of hydrogen-bond donors (Lipinski definition) is 1. The summed E-state index contributed by atoms with van der Waals surface area (Å²) < 4.78 is 0. The average molecular weight is 323 g/mol. The number of aliphatic hydroxyl groups excluding tert-OH is 1. The van der Waals surface area contributed by atoms with E-state index in [-0.39, 0.29) is 6.10 Å². The molecule has 0 aromatic rings. The number of β-amino-alcohol motifs (C(OH)–C–C–N with tert-alkyl or cyclic N) is 1. The lowest BCUT2D eigenvalue weighted by Gasteiger charge is -2.33. The van der Waals surface area contributed by atoms with Crippen LogP contribution >= 0.6 is 0 Å². The minimum Gasteiger partial charge on any atom is -0.390 e. The first kappa shape index (κ1) is 18.9. The maximum absolute atomic E-state index is 10.3. The third kappa shape index (κ3) is 8.30. The van der Waals surface area contributed by atoms with E-state index in [0.29, 0.717) is 12.6 Å². The summed E-state index contributed by atoms with van der Waals surface area (Å²) in [6.07, 6.45) is 20.5. The van der Waals surface area contributed by atoms with Crippen LogP contribution in [0.2, 0.25) is 0 Å². The minimum atomic E-state index is -0.289. The Morgan fingerprint density at radius 3 is 2.09 bits per heavy atom. The van der Waals surface area contributed by atoms with Gasteiger partial charge in [0.15, 0.2) is 0 Å². The van der Waals surface area contributed by atoms with Crippen molar-refractivity contribution < 1.29 is 5.11 Å². The second-order valence-corrected chi connectivity index (χ2v) is 7.61. The molecule has 0 amide bonds. The Morgan fingerprint density at radius 2 is 1.39 bits per heavy atom. The van der Waals surface area contributed by atoms with E-state index >= 15 is 0 Å². The molecule has 1 N–H and O–H groups in total. The van der Waals surface area contributed by atoms with Gasteiger partial charge >= 0.3 is 0 Å². The molecule has 134 valence electrons. The van der Waals surface area contributed by atoms with Gasteiger partial charge in [0.05, 0.1) is 12.6 Å². The van der Waals surface area contributed by atoms with Crippen LogP contribution in [0.1, 0.15) is 89.9 Å². The largest absolute Gasteiger partial charge is 0.390 e. The van der Waals surface area contributed by atoms with Gasteiger partial charge < -0.3 is 5.11 Å². The summed E-state index contributed by atoms with van der Waals surface area (Å²) in [5, 5.41) is 10.3. The SMILES string of the molecule is OC1CN=CCCCCCN(C2CCCCCCCCCC2)C1. The third-order valence-corrected chi connectivity index (χ3v) is 5.51. The normalized spacial score (nSPS) is 28.7. The lowest BCUT2D eigenvalue weighted by molar-refractivity contribution is 0.0822. The molecule has 1 aliphatic carbocycles. The monoisotopic (exact) mass is 322 g/mol. The number of rotatable bonds is 1. The Labute approximate surface area is 143 Å². The standard InChI is InChI=1S/C20H38N2O/c23-20-17-21-15-11-7-8-12-16-22(18-20)19-13-9-5-3-1-2-4-6-10-14-19/h15,19-20,23H,1-14,16-18H2. The van der Waals surface area contributed by atoms with Gasteiger partial charge in [-0.05, 0) is 44.9 Å². The zero-order chi connectivity index (χ0) is 16.2. The number of aliphatic hydroxyl groups is 1. The van der Waals surface area contributed by atoms with Crippen LogP contribution in [-0.2, 0) is 0 Å². The first-order valence-electron chi connectivity index (χ1n) is 10.3. The van der Waals surface area contributed by atoms with Gasteiger partial charge in [-0.25, -0.2) is 0 Å². The second-order valence-electron chi connectivity index (χ2n) is 7.61. The van der Waals surface area contributed by atoms with Crippen molar-refractivity contribution in [2.24, 2.45) is 4.99 Å². The van der Waals surface area contributed by atoms with Gasteiger partial charge in [0, 0.05) is 12.6 Å². The molecule has 0 bridgehead atoms. The smallest absolute Gasteiger partial charge is 0.0861 e. The Balaban J connectivity index is 1.91. The van der Waals surface area contributed by atoms with Crippen LogP contribution in [0.25, 0.3) is 0 Å². The second kappa shape index (κ2) is 12.0. The summed E-state index contributed by atoms with van der Waals surface area (Å²) in [6.45, 7) is 2.58. The van der Waals surface area contributed by atoms with Crippen molar-refractivity contribution in [3.05, 3.63) is 0 Å². The van der Waals surface area contributed by atoms with E-state index in [9.17, 15) is 5.11 Å². The van der Waals surface area contributed by atoms with Crippen molar-refractivity contribution in [3.8, 4) is 0 Å². The van der Waals surface area contributed by atoms with Gasteiger partial charge in [0.2, 0.25) is 0 Å². The van der Waals surface area contributed by atoms with Crippen molar-refractivity contribution in [2.75, 3.05) is 19.6 Å².